The summed E-state index contributed by atoms with van der Waals surface area (Å²) in [4.78, 5) is 13.0. The van der Waals surface area contributed by atoms with Gasteiger partial charge in [-0.2, -0.15) is 4.98 Å². The summed E-state index contributed by atoms with van der Waals surface area (Å²) in [6.07, 6.45) is 4.06. The SMILES string of the molecule is OCCCNc1nc(Nc2ccccc2Cl)cc(-c2ccncc2)n1. The van der Waals surface area contributed by atoms with Gasteiger partial charge in [0.25, 0.3) is 0 Å². The van der Waals surface area contributed by atoms with Gasteiger partial charge >= 0.3 is 0 Å². The zero-order chi connectivity index (χ0) is 17.5. The van der Waals surface area contributed by atoms with E-state index in [2.05, 4.69) is 25.6 Å². The number of aliphatic hydroxyl groups excluding tert-OH is 1. The average Bonchev–Trinajstić information content (AvgIpc) is 2.64. The first kappa shape index (κ1) is 17.1. The van der Waals surface area contributed by atoms with Crippen molar-refractivity contribution in [3.63, 3.8) is 0 Å². The highest BCUT2D eigenvalue weighted by Gasteiger charge is 2.08. The molecule has 3 N–H and O–H groups in total. The minimum absolute atomic E-state index is 0.113. The number of nitrogens with one attached hydrogen (secondary N) is 2. The molecule has 0 aliphatic heterocycles. The maximum atomic E-state index is 8.94. The highest BCUT2D eigenvalue weighted by atomic mass is 35.5. The van der Waals surface area contributed by atoms with Crippen molar-refractivity contribution in [1.29, 1.82) is 0 Å². The van der Waals surface area contributed by atoms with Crippen LogP contribution in [0.1, 0.15) is 6.42 Å². The van der Waals surface area contributed by atoms with E-state index in [4.69, 9.17) is 16.7 Å². The molecule has 6 nitrogen and oxygen atoms in total. The van der Waals surface area contributed by atoms with Crippen molar-refractivity contribution < 1.29 is 5.11 Å². The third kappa shape index (κ3) is 4.65. The maximum absolute atomic E-state index is 8.94. The van der Waals surface area contributed by atoms with E-state index in [-0.39, 0.29) is 6.61 Å². The van der Waals surface area contributed by atoms with E-state index in [0.29, 0.717) is 29.8 Å². The molecule has 2 aromatic heterocycles. The Hall–Kier alpha value is -2.70. The van der Waals surface area contributed by atoms with E-state index in [1.807, 2.05) is 42.5 Å². The number of aliphatic hydroxyl groups is 1. The molecule has 0 aliphatic rings. The lowest BCUT2D eigenvalue weighted by Gasteiger charge is -2.12. The molecule has 0 amide bonds. The Morgan fingerprint density at radius 2 is 1.84 bits per heavy atom. The van der Waals surface area contributed by atoms with Gasteiger partial charge in [-0.05, 0) is 30.7 Å². The molecule has 0 spiro atoms. The molecule has 3 rings (SSSR count). The molecule has 0 unspecified atom stereocenters. The maximum Gasteiger partial charge on any atom is 0.225 e. The first-order valence-corrected chi connectivity index (χ1v) is 8.30. The number of pyridine rings is 1. The molecular weight excluding hydrogens is 338 g/mol. The summed E-state index contributed by atoms with van der Waals surface area (Å²) in [7, 11) is 0. The Bertz CT molecular complexity index is 829. The summed E-state index contributed by atoms with van der Waals surface area (Å²) < 4.78 is 0. The van der Waals surface area contributed by atoms with Crippen LogP contribution < -0.4 is 10.6 Å². The van der Waals surface area contributed by atoms with Crippen LogP contribution in [0.2, 0.25) is 5.02 Å². The quantitative estimate of drug-likeness (QED) is 0.560. The fraction of sp³-hybridized carbons (Fsp3) is 0.167. The van der Waals surface area contributed by atoms with Crippen LogP contribution in [-0.4, -0.2) is 33.2 Å². The molecule has 128 valence electrons. The number of benzene rings is 1. The molecule has 1 aromatic carbocycles. The molecule has 7 heteroatoms. The van der Waals surface area contributed by atoms with Gasteiger partial charge in [0.1, 0.15) is 5.82 Å². The fourth-order valence-corrected chi connectivity index (χ4v) is 2.42. The van der Waals surface area contributed by atoms with E-state index in [1.165, 1.54) is 0 Å². The third-order valence-electron chi connectivity index (χ3n) is 3.46. The van der Waals surface area contributed by atoms with Gasteiger partial charge in [-0.25, -0.2) is 4.98 Å². The van der Waals surface area contributed by atoms with Crippen LogP contribution in [0.4, 0.5) is 17.5 Å². The van der Waals surface area contributed by atoms with Crippen molar-refractivity contribution in [2.75, 3.05) is 23.8 Å². The molecule has 2 heterocycles. The molecular formula is C18H18ClN5O. The van der Waals surface area contributed by atoms with Crippen LogP contribution in [0.15, 0.2) is 54.9 Å². The van der Waals surface area contributed by atoms with E-state index in [1.54, 1.807) is 12.4 Å². The number of anilines is 3. The number of nitrogens with zero attached hydrogens (tertiary/aromatic N) is 3. The standard InChI is InChI=1S/C18H18ClN5O/c19-14-4-1-2-5-15(14)22-17-12-16(13-6-9-20-10-7-13)23-18(24-17)21-8-3-11-25/h1-2,4-7,9-10,12,25H,3,8,11H2,(H2,21,22,23,24). The number of hydrogen-bond donors (Lipinski definition) is 3. The summed E-state index contributed by atoms with van der Waals surface area (Å²) in [6, 6.07) is 13.1. The predicted octanol–water partition coefficient (Wildman–Crippen LogP) is 3.73. The van der Waals surface area contributed by atoms with E-state index in [0.717, 1.165) is 16.9 Å². The van der Waals surface area contributed by atoms with Crippen LogP contribution in [0, 0.1) is 0 Å². The summed E-state index contributed by atoms with van der Waals surface area (Å²) in [6.45, 7) is 0.698. The number of aromatic nitrogens is 3. The Morgan fingerprint density at radius 1 is 1.04 bits per heavy atom. The zero-order valence-electron chi connectivity index (χ0n) is 13.5. The molecule has 0 aliphatic carbocycles. The van der Waals surface area contributed by atoms with Crippen LogP contribution in [-0.2, 0) is 0 Å². The monoisotopic (exact) mass is 355 g/mol. The summed E-state index contributed by atoms with van der Waals surface area (Å²) in [5.74, 6) is 1.11. The lowest BCUT2D eigenvalue weighted by Crippen LogP contribution is -2.08. The molecule has 25 heavy (non-hydrogen) atoms. The Kier molecular flexibility index (Phi) is 5.77. The minimum Gasteiger partial charge on any atom is -0.396 e. The fourth-order valence-electron chi connectivity index (χ4n) is 2.24. The van der Waals surface area contributed by atoms with Crippen LogP contribution in [0.25, 0.3) is 11.3 Å². The minimum atomic E-state index is 0.113. The summed E-state index contributed by atoms with van der Waals surface area (Å²) in [5.41, 5.74) is 2.47. The van der Waals surface area contributed by atoms with Crippen molar-refractivity contribution in [1.82, 2.24) is 15.0 Å². The highest BCUT2D eigenvalue weighted by molar-refractivity contribution is 6.33. The largest absolute Gasteiger partial charge is 0.396 e. The highest BCUT2D eigenvalue weighted by Crippen LogP contribution is 2.27. The molecule has 3 aromatic rings. The van der Waals surface area contributed by atoms with Gasteiger partial charge in [-0.15, -0.1) is 0 Å². The first-order valence-electron chi connectivity index (χ1n) is 7.92. The van der Waals surface area contributed by atoms with Crippen LogP contribution in [0.5, 0.6) is 0 Å². The van der Waals surface area contributed by atoms with E-state index in [9.17, 15) is 0 Å². The van der Waals surface area contributed by atoms with Crippen molar-refractivity contribution in [2.45, 2.75) is 6.42 Å². The van der Waals surface area contributed by atoms with Gasteiger partial charge in [0.15, 0.2) is 0 Å². The molecule has 0 fully saturated rings. The first-order chi connectivity index (χ1) is 12.3. The molecule has 0 saturated carbocycles. The average molecular weight is 356 g/mol. The Morgan fingerprint density at radius 3 is 2.60 bits per heavy atom. The molecule has 0 saturated heterocycles. The van der Waals surface area contributed by atoms with E-state index < -0.39 is 0 Å². The lowest BCUT2D eigenvalue weighted by atomic mass is 10.2. The number of halogens is 1. The number of hydrogen-bond acceptors (Lipinski definition) is 6. The van der Waals surface area contributed by atoms with Gasteiger partial charge in [0, 0.05) is 37.2 Å². The van der Waals surface area contributed by atoms with Gasteiger partial charge in [0.2, 0.25) is 5.95 Å². The second-order valence-electron chi connectivity index (χ2n) is 5.31. The Labute approximate surface area is 150 Å². The second-order valence-corrected chi connectivity index (χ2v) is 5.71. The van der Waals surface area contributed by atoms with Crippen LogP contribution >= 0.6 is 11.6 Å². The molecule has 0 radical (unpaired) electrons. The smallest absolute Gasteiger partial charge is 0.225 e. The van der Waals surface area contributed by atoms with Gasteiger partial charge in [0.05, 0.1) is 16.4 Å². The van der Waals surface area contributed by atoms with Crippen molar-refractivity contribution >= 4 is 29.1 Å². The van der Waals surface area contributed by atoms with Gasteiger partial charge < -0.3 is 15.7 Å². The number of para-hydroxylation sites is 1. The molecule has 0 bridgehead atoms. The van der Waals surface area contributed by atoms with Crippen molar-refractivity contribution in [3.8, 4) is 11.3 Å². The van der Waals surface area contributed by atoms with Crippen molar-refractivity contribution in [3.05, 3.63) is 59.9 Å². The van der Waals surface area contributed by atoms with E-state index >= 15 is 0 Å². The second kappa shape index (κ2) is 8.41. The summed E-state index contributed by atoms with van der Waals surface area (Å²) in [5, 5.41) is 15.9. The van der Waals surface area contributed by atoms with Gasteiger partial charge in [-0.1, -0.05) is 23.7 Å². The Balaban J connectivity index is 1.93. The lowest BCUT2D eigenvalue weighted by molar-refractivity contribution is 0.292. The van der Waals surface area contributed by atoms with Crippen molar-refractivity contribution in [2.24, 2.45) is 0 Å². The van der Waals surface area contributed by atoms with Gasteiger partial charge in [-0.3, -0.25) is 4.98 Å². The topological polar surface area (TPSA) is 83.0 Å². The predicted molar refractivity (Wildman–Crippen MR) is 100 cm³/mol. The molecule has 0 atom stereocenters. The van der Waals surface area contributed by atoms with Crippen LogP contribution in [0.3, 0.4) is 0 Å². The number of rotatable bonds is 7. The normalized spacial score (nSPS) is 10.5. The third-order valence-corrected chi connectivity index (χ3v) is 3.79. The summed E-state index contributed by atoms with van der Waals surface area (Å²) >= 11 is 6.22. The zero-order valence-corrected chi connectivity index (χ0v) is 14.2.